The number of carbonyl (C=O) groups excluding carboxylic acids is 1. The number of nitrogens with one attached hydrogen (secondary N) is 1. The smallest absolute Gasteiger partial charge is 0.255 e. The van der Waals surface area contributed by atoms with Crippen LogP contribution >= 0.6 is 12.4 Å². The Hall–Kier alpha value is -1.84. The highest BCUT2D eigenvalue weighted by molar-refractivity contribution is 5.99. The molecule has 1 amide bonds. The lowest BCUT2D eigenvalue weighted by Gasteiger charge is -2.39. The molecule has 2 atom stereocenters. The van der Waals surface area contributed by atoms with E-state index in [1.165, 1.54) is 16.7 Å². The average Bonchev–Trinajstić information content (AvgIpc) is 3.08. The number of halogens is 1. The molecule has 2 aliphatic heterocycles. The van der Waals surface area contributed by atoms with E-state index in [0.29, 0.717) is 12.5 Å². The van der Waals surface area contributed by atoms with Crippen LogP contribution in [0.2, 0.25) is 0 Å². The minimum absolute atomic E-state index is 0. The Balaban J connectivity index is 0.00000182. The summed E-state index contributed by atoms with van der Waals surface area (Å²) in [7, 11) is 0. The number of benzene rings is 2. The van der Waals surface area contributed by atoms with Gasteiger partial charge < -0.3 is 10.2 Å². The molecule has 4 heteroatoms. The Morgan fingerprint density at radius 1 is 1.12 bits per heavy atom. The van der Waals surface area contributed by atoms with Crippen LogP contribution in [-0.4, -0.2) is 29.9 Å². The monoisotopic (exact) mass is 356 g/mol. The number of amides is 1. The molecule has 2 aromatic carbocycles. The predicted molar refractivity (Wildman–Crippen MR) is 104 cm³/mol. The van der Waals surface area contributed by atoms with Crippen molar-refractivity contribution in [2.24, 2.45) is 0 Å². The number of carbonyl (C=O) groups is 1. The second kappa shape index (κ2) is 7.19. The SMILES string of the molecule is CCc1cc(C)c2c(c1)C1CNCC1N(Cc1ccccc1)C2=O.Cl. The van der Waals surface area contributed by atoms with Gasteiger partial charge in [-0.15, -0.1) is 12.4 Å². The Morgan fingerprint density at radius 2 is 1.88 bits per heavy atom. The van der Waals surface area contributed by atoms with E-state index in [9.17, 15) is 4.79 Å². The minimum atomic E-state index is 0. The Morgan fingerprint density at radius 3 is 2.60 bits per heavy atom. The van der Waals surface area contributed by atoms with Gasteiger partial charge in [0, 0.05) is 31.1 Å². The van der Waals surface area contributed by atoms with Gasteiger partial charge in [0.05, 0.1) is 6.04 Å². The van der Waals surface area contributed by atoms with E-state index < -0.39 is 0 Å². The molecule has 0 saturated carbocycles. The van der Waals surface area contributed by atoms with Crippen molar-refractivity contribution >= 4 is 18.3 Å². The van der Waals surface area contributed by atoms with E-state index in [2.05, 4.69) is 48.3 Å². The van der Waals surface area contributed by atoms with Crippen molar-refractivity contribution in [1.29, 1.82) is 0 Å². The van der Waals surface area contributed by atoms with Gasteiger partial charge in [-0.05, 0) is 35.6 Å². The molecule has 2 aliphatic rings. The molecule has 2 aromatic rings. The molecule has 0 radical (unpaired) electrons. The second-order valence-electron chi connectivity index (χ2n) is 6.98. The number of hydrogen-bond acceptors (Lipinski definition) is 2. The quantitative estimate of drug-likeness (QED) is 0.909. The summed E-state index contributed by atoms with van der Waals surface area (Å²) >= 11 is 0. The van der Waals surface area contributed by atoms with Crippen LogP contribution in [-0.2, 0) is 13.0 Å². The molecule has 2 unspecified atom stereocenters. The first kappa shape index (κ1) is 18.0. The maximum Gasteiger partial charge on any atom is 0.255 e. The lowest BCUT2D eigenvalue weighted by atomic mass is 9.81. The van der Waals surface area contributed by atoms with Crippen molar-refractivity contribution in [3.63, 3.8) is 0 Å². The third kappa shape index (κ3) is 3.07. The van der Waals surface area contributed by atoms with Gasteiger partial charge in [-0.1, -0.05) is 49.4 Å². The summed E-state index contributed by atoms with van der Waals surface area (Å²) in [6, 6.07) is 15.0. The van der Waals surface area contributed by atoms with Crippen LogP contribution in [0.4, 0.5) is 0 Å². The summed E-state index contributed by atoms with van der Waals surface area (Å²) in [5.74, 6) is 0.602. The Bertz CT molecular complexity index is 775. The van der Waals surface area contributed by atoms with Crippen LogP contribution in [0, 0.1) is 6.92 Å². The molecule has 0 aliphatic carbocycles. The molecule has 3 nitrogen and oxygen atoms in total. The van der Waals surface area contributed by atoms with Gasteiger partial charge in [-0.2, -0.15) is 0 Å². The molecule has 0 spiro atoms. The standard InChI is InChI=1S/C21H24N2O.ClH/c1-3-15-9-14(2)20-17(10-15)18-11-22-12-19(18)23(21(20)24)13-16-7-5-4-6-8-16;/h4-10,18-19,22H,3,11-13H2,1-2H3;1H. The summed E-state index contributed by atoms with van der Waals surface area (Å²) in [6.45, 7) is 6.80. The van der Waals surface area contributed by atoms with Gasteiger partial charge in [0.2, 0.25) is 0 Å². The fourth-order valence-electron chi connectivity index (χ4n) is 4.25. The fraction of sp³-hybridized carbons (Fsp3) is 0.381. The summed E-state index contributed by atoms with van der Waals surface area (Å²) in [5, 5.41) is 3.50. The van der Waals surface area contributed by atoms with Crippen molar-refractivity contribution < 1.29 is 4.79 Å². The number of hydrogen-bond donors (Lipinski definition) is 1. The Kier molecular flexibility index (Phi) is 5.16. The van der Waals surface area contributed by atoms with E-state index in [-0.39, 0.29) is 24.4 Å². The molecule has 0 bridgehead atoms. The van der Waals surface area contributed by atoms with Crippen LogP contribution < -0.4 is 5.32 Å². The highest BCUT2D eigenvalue weighted by Crippen LogP contribution is 2.38. The van der Waals surface area contributed by atoms with Crippen molar-refractivity contribution in [2.45, 2.75) is 38.8 Å². The lowest BCUT2D eigenvalue weighted by molar-refractivity contribution is 0.0629. The minimum Gasteiger partial charge on any atom is -0.329 e. The van der Waals surface area contributed by atoms with Crippen LogP contribution in [0.5, 0.6) is 0 Å². The third-order valence-electron chi connectivity index (χ3n) is 5.49. The van der Waals surface area contributed by atoms with Crippen molar-refractivity contribution in [3.05, 3.63) is 70.3 Å². The average molecular weight is 357 g/mol. The molecule has 2 heterocycles. The van der Waals surface area contributed by atoms with Crippen LogP contribution in [0.15, 0.2) is 42.5 Å². The molecular weight excluding hydrogens is 332 g/mol. The van der Waals surface area contributed by atoms with Crippen LogP contribution in [0.1, 0.15) is 45.5 Å². The molecule has 1 fully saturated rings. The highest BCUT2D eigenvalue weighted by Gasteiger charge is 2.42. The molecule has 1 N–H and O–H groups in total. The van der Waals surface area contributed by atoms with Gasteiger partial charge in [0.25, 0.3) is 5.91 Å². The van der Waals surface area contributed by atoms with Gasteiger partial charge >= 0.3 is 0 Å². The van der Waals surface area contributed by atoms with Crippen molar-refractivity contribution in [2.75, 3.05) is 13.1 Å². The third-order valence-corrected chi connectivity index (χ3v) is 5.49. The molecular formula is C21H25ClN2O. The number of nitrogens with zero attached hydrogens (tertiary/aromatic N) is 1. The number of fused-ring (bicyclic) bond motifs is 3. The van der Waals surface area contributed by atoms with Crippen molar-refractivity contribution in [1.82, 2.24) is 10.2 Å². The number of aryl methyl sites for hydroxylation is 2. The first-order valence-corrected chi connectivity index (χ1v) is 8.88. The highest BCUT2D eigenvalue weighted by atomic mass is 35.5. The zero-order valence-electron chi connectivity index (χ0n) is 14.8. The summed E-state index contributed by atoms with van der Waals surface area (Å²) in [4.78, 5) is 15.4. The zero-order chi connectivity index (χ0) is 16.7. The zero-order valence-corrected chi connectivity index (χ0v) is 15.6. The molecule has 1 saturated heterocycles. The maximum absolute atomic E-state index is 13.3. The van der Waals surface area contributed by atoms with E-state index in [4.69, 9.17) is 0 Å². The first-order chi connectivity index (χ1) is 11.7. The maximum atomic E-state index is 13.3. The van der Waals surface area contributed by atoms with Gasteiger partial charge in [-0.3, -0.25) is 4.79 Å². The van der Waals surface area contributed by atoms with Crippen molar-refractivity contribution in [3.8, 4) is 0 Å². The van der Waals surface area contributed by atoms with Gasteiger partial charge in [-0.25, -0.2) is 0 Å². The van der Waals surface area contributed by atoms with Gasteiger partial charge in [0.1, 0.15) is 0 Å². The largest absolute Gasteiger partial charge is 0.329 e. The lowest BCUT2D eigenvalue weighted by Crippen LogP contribution is -2.48. The summed E-state index contributed by atoms with van der Waals surface area (Å²) < 4.78 is 0. The summed E-state index contributed by atoms with van der Waals surface area (Å²) in [5.41, 5.74) is 5.85. The van der Waals surface area contributed by atoms with E-state index in [1.54, 1.807) is 0 Å². The fourth-order valence-corrected chi connectivity index (χ4v) is 4.25. The molecule has 25 heavy (non-hydrogen) atoms. The first-order valence-electron chi connectivity index (χ1n) is 8.88. The second-order valence-corrected chi connectivity index (χ2v) is 6.98. The van der Waals surface area contributed by atoms with E-state index in [0.717, 1.165) is 30.6 Å². The number of rotatable bonds is 3. The molecule has 132 valence electrons. The topological polar surface area (TPSA) is 32.3 Å². The van der Waals surface area contributed by atoms with Crippen LogP contribution in [0.25, 0.3) is 0 Å². The summed E-state index contributed by atoms with van der Waals surface area (Å²) in [6.07, 6.45) is 1.01. The van der Waals surface area contributed by atoms with Gasteiger partial charge in [0.15, 0.2) is 0 Å². The molecule has 4 rings (SSSR count). The van der Waals surface area contributed by atoms with E-state index in [1.807, 2.05) is 18.2 Å². The normalized spacial score (nSPS) is 21.5. The Labute approximate surface area is 155 Å². The predicted octanol–water partition coefficient (Wildman–Crippen LogP) is 3.69. The van der Waals surface area contributed by atoms with Crippen LogP contribution in [0.3, 0.4) is 0 Å². The van der Waals surface area contributed by atoms with E-state index >= 15 is 0 Å². The molecule has 0 aromatic heterocycles.